The van der Waals surface area contributed by atoms with E-state index < -0.39 is 0 Å². The maximum atomic E-state index is 12.9. The van der Waals surface area contributed by atoms with Gasteiger partial charge in [-0.25, -0.2) is 4.98 Å². The fourth-order valence-electron chi connectivity index (χ4n) is 4.20. The van der Waals surface area contributed by atoms with Gasteiger partial charge in [-0.2, -0.15) is 5.10 Å². The zero-order valence-corrected chi connectivity index (χ0v) is 17.7. The highest BCUT2D eigenvalue weighted by molar-refractivity contribution is 5.95. The van der Waals surface area contributed by atoms with E-state index in [0.29, 0.717) is 24.6 Å². The maximum absolute atomic E-state index is 12.9. The summed E-state index contributed by atoms with van der Waals surface area (Å²) in [4.78, 5) is 28.9. The van der Waals surface area contributed by atoms with Crippen molar-refractivity contribution < 1.29 is 9.59 Å². The molecule has 8 nitrogen and oxygen atoms in total. The van der Waals surface area contributed by atoms with E-state index in [0.717, 1.165) is 41.9 Å². The number of hydrogen-bond donors (Lipinski definition) is 2. The molecule has 0 saturated heterocycles. The summed E-state index contributed by atoms with van der Waals surface area (Å²) in [6.07, 6.45) is 3.32. The quantitative estimate of drug-likeness (QED) is 0.655. The van der Waals surface area contributed by atoms with Gasteiger partial charge in [0.15, 0.2) is 0 Å². The van der Waals surface area contributed by atoms with Crippen molar-refractivity contribution in [1.29, 1.82) is 0 Å². The Morgan fingerprint density at radius 1 is 1.23 bits per heavy atom. The number of fused-ring (bicyclic) bond motifs is 2. The predicted octanol–water partition coefficient (Wildman–Crippen LogP) is 2.44. The minimum Gasteiger partial charge on any atom is -0.356 e. The van der Waals surface area contributed by atoms with Crippen LogP contribution in [0.5, 0.6) is 0 Å². The molecule has 0 radical (unpaired) electrons. The number of aryl methyl sites for hydroxylation is 1. The number of para-hydroxylation sites is 2. The first-order chi connectivity index (χ1) is 14.4. The Morgan fingerprint density at radius 3 is 2.80 bits per heavy atom. The molecule has 1 aliphatic heterocycles. The first kappa shape index (κ1) is 20.1. The predicted molar refractivity (Wildman–Crippen MR) is 114 cm³/mol. The summed E-state index contributed by atoms with van der Waals surface area (Å²) in [5, 5.41) is 10.3. The van der Waals surface area contributed by atoms with Crippen molar-refractivity contribution in [2.24, 2.45) is 5.92 Å². The number of benzene rings is 1. The van der Waals surface area contributed by atoms with Gasteiger partial charge < -0.3 is 15.2 Å². The molecule has 1 aromatic carbocycles. The Balaban J connectivity index is 1.49. The maximum Gasteiger partial charge on any atom is 0.255 e. The van der Waals surface area contributed by atoms with Crippen LogP contribution >= 0.6 is 0 Å². The number of amides is 2. The second-order valence-corrected chi connectivity index (χ2v) is 8.19. The fourth-order valence-corrected chi connectivity index (χ4v) is 4.20. The van der Waals surface area contributed by atoms with Crippen LogP contribution in [-0.2, 0) is 24.3 Å². The normalized spacial score (nSPS) is 15.9. The van der Waals surface area contributed by atoms with E-state index >= 15 is 0 Å². The van der Waals surface area contributed by atoms with Crippen molar-refractivity contribution in [2.45, 2.75) is 52.7 Å². The van der Waals surface area contributed by atoms with Crippen molar-refractivity contribution in [3.05, 3.63) is 47.5 Å². The first-order valence-electron chi connectivity index (χ1n) is 10.5. The number of rotatable bonds is 6. The van der Waals surface area contributed by atoms with Crippen LogP contribution in [0.25, 0.3) is 11.0 Å². The standard InChI is InChI=1S/C22H28N6O2/c1-14(2)28-19-7-5-4-6-18(19)26-21(28)13-24-22(30)17-12-25-27-9-8-16(10-20(17)27)11-23-15(3)29/h4-7,12,14,16H,8-11,13H2,1-3H3,(H,23,29)(H,24,30). The highest BCUT2D eigenvalue weighted by Gasteiger charge is 2.25. The minimum absolute atomic E-state index is 0.0277. The highest BCUT2D eigenvalue weighted by atomic mass is 16.2. The van der Waals surface area contributed by atoms with Crippen LogP contribution in [0, 0.1) is 5.92 Å². The summed E-state index contributed by atoms with van der Waals surface area (Å²) >= 11 is 0. The molecule has 1 atom stereocenters. The third-order valence-electron chi connectivity index (χ3n) is 5.66. The van der Waals surface area contributed by atoms with Crippen LogP contribution in [0.15, 0.2) is 30.5 Å². The zero-order valence-electron chi connectivity index (χ0n) is 17.7. The Morgan fingerprint density at radius 2 is 2.03 bits per heavy atom. The van der Waals surface area contributed by atoms with Gasteiger partial charge in [0, 0.05) is 26.1 Å². The molecule has 0 fully saturated rings. The van der Waals surface area contributed by atoms with Crippen LogP contribution in [0.4, 0.5) is 0 Å². The summed E-state index contributed by atoms with van der Waals surface area (Å²) in [5.74, 6) is 0.984. The van der Waals surface area contributed by atoms with Crippen LogP contribution in [0.1, 0.15) is 55.1 Å². The van der Waals surface area contributed by atoms with Gasteiger partial charge in [0.2, 0.25) is 5.91 Å². The lowest BCUT2D eigenvalue weighted by Crippen LogP contribution is -2.33. The lowest BCUT2D eigenvalue weighted by atomic mass is 9.94. The van der Waals surface area contributed by atoms with Gasteiger partial charge in [0.1, 0.15) is 5.82 Å². The second kappa shape index (κ2) is 8.30. The Bertz CT molecular complexity index is 1080. The molecule has 0 bridgehead atoms. The molecule has 4 rings (SSSR count). The molecule has 2 aromatic heterocycles. The number of carbonyl (C=O) groups excluding carboxylic acids is 2. The first-order valence-corrected chi connectivity index (χ1v) is 10.5. The smallest absolute Gasteiger partial charge is 0.255 e. The molecule has 1 aliphatic rings. The van der Waals surface area contributed by atoms with E-state index in [-0.39, 0.29) is 17.9 Å². The number of aromatic nitrogens is 4. The molecule has 2 N–H and O–H groups in total. The van der Waals surface area contributed by atoms with Gasteiger partial charge in [-0.15, -0.1) is 0 Å². The van der Waals surface area contributed by atoms with E-state index in [2.05, 4.69) is 40.2 Å². The number of imidazole rings is 1. The van der Waals surface area contributed by atoms with Crippen molar-refractivity contribution >= 4 is 22.8 Å². The molecule has 30 heavy (non-hydrogen) atoms. The summed E-state index contributed by atoms with van der Waals surface area (Å²) in [5.41, 5.74) is 3.54. The van der Waals surface area contributed by atoms with Crippen molar-refractivity contribution in [3.8, 4) is 0 Å². The van der Waals surface area contributed by atoms with Gasteiger partial charge >= 0.3 is 0 Å². The highest BCUT2D eigenvalue weighted by Crippen LogP contribution is 2.24. The molecule has 8 heteroatoms. The van der Waals surface area contributed by atoms with Gasteiger partial charge in [-0.3, -0.25) is 14.3 Å². The average Bonchev–Trinajstić information content (AvgIpc) is 3.31. The third kappa shape index (κ3) is 3.94. The molecule has 2 amide bonds. The average molecular weight is 409 g/mol. The van der Waals surface area contributed by atoms with Crippen molar-refractivity contribution in [1.82, 2.24) is 30.0 Å². The number of nitrogens with zero attached hydrogens (tertiary/aromatic N) is 4. The molecule has 0 spiro atoms. The fraction of sp³-hybridized carbons (Fsp3) is 0.455. The van der Waals surface area contributed by atoms with Crippen molar-refractivity contribution in [2.75, 3.05) is 6.54 Å². The molecular weight excluding hydrogens is 380 g/mol. The molecule has 3 heterocycles. The lowest BCUT2D eigenvalue weighted by Gasteiger charge is -2.24. The zero-order chi connectivity index (χ0) is 21.3. The molecule has 0 aliphatic carbocycles. The Kier molecular flexibility index (Phi) is 5.57. The monoisotopic (exact) mass is 408 g/mol. The molecule has 3 aromatic rings. The topological polar surface area (TPSA) is 93.8 Å². The number of hydrogen-bond acceptors (Lipinski definition) is 4. The van der Waals surface area contributed by atoms with Crippen LogP contribution in [0.3, 0.4) is 0 Å². The number of nitrogens with one attached hydrogen (secondary N) is 2. The van der Waals surface area contributed by atoms with Gasteiger partial charge in [-0.05, 0) is 44.7 Å². The molecular formula is C22H28N6O2. The van der Waals surface area contributed by atoms with Crippen LogP contribution in [-0.4, -0.2) is 37.7 Å². The van der Waals surface area contributed by atoms with E-state index in [4.69, 9.17) is 4.98 Å². The van der Waals surface area contributed by atoms with E-state index in [9.17, 15) is 9.59 Å². The number of carbonyl (C=O) groups is 2. The second-order valence-electron chi connectivity index (χ2n) is 8.19. The van der Waals surface area contributed by atoms with E-state index in [1.807, 2.05) is 22.9 Å². The van der Waals surface area contributed by atoms with Gasteiger partial charge in [-0.1, -0.05) is 12.1 Å². The van der Waals surface area contributed by atoms with Gasteiger partial charge in [0.05, 0.1) is 35.0 Å². The van der Waals surface area contributed by atoms with Crippen molar-refractivity contribution in [3.63, 3.8) is 0 Å². The third-order valence-corrected chi connectivity index (χ3v) is 5.66. The summed E-state index contributed by atoms with van der Waals surface area (Å²) in [7, 11) is 0. The largest absolute Gasteiger partial charge is 0.356 e. The molecule has 0 saturated carbocycles. The Hall–Kier alpha value is -3.16. The van der Waals surface area contributed by atoms with Crippen LogP contribution < -0.4 is 10.6 Å². The van der Waals surface area contributed by atoms with Gasteiger partial charge in [0.25, 0.3) is 5.91 Å². The lowest BCUT2D eigenvalue weighted by molar-refractivity contribution is -0.119. The molecule has 1 unspecified atom stereocenters. The Labute approximate surface area is 175 Å². The van der Waals surface area contributed by atoms with Crippen LogP contribution in [0.2, 0.25) is 0 Å². The summed E-state index contributed by atoms with van der Waals surface area (Å²) in [6.45, 7) is 7.49. The minimum atomic E-state index is -0.140. The summed E-state index contributed by atoms with van der Waals surface area (Å²) in [6, 6.07) is 8.25. The van der Waals surface area contributed by atoms with E-state index in [1.165, 1.54) is 6.92 Å². The van der Waals surface area contributed by atoms with E-state index in [1.54, 1.807) is 6.20 Å². The SMILES string of the molecule is CC(=O)NCC1CCn2ncc(C(=O)NCc3nc4ccccc4n3C(C)C)c2C1. The summed E-state index contributed by atoms with van der Waals surface area (Å²) < 4.78 is 4.06. The molecule has 158 valence electrons.